The van der Waals surface area contributed by atoms with Crippen LogP contribution in [0.25, 0.3) is 0 Å². The smallest absolute Gasteiger partial charge is 0.305 e. The maximum Gasteiger partial charge on any atom is 0.305 e. The van der Waals surface area contributed by atoms with Crippen molar-refractivity contribution in [3.63, 3.8) is 0 Å². The predicted molar refractivity (Wildman–Crippen MR) is 82.3 cm³/mol. The first-order valence-electron chi connectivity index (χ1n) is 8.46. The molecule has 19 heavy (non-hydrogen) atoms. The van der Waals surface area contributed by atoms with Gasteiger partial charge in [-0.25, -0.2) is 0 Å². The molecule has 0 amide bonds. The Morgan fingerprint density at radius 1 is 0.684 bits per heavy atom. The molecule has 0 aromatic heterocycles. The summed E-state index contributed by atoms with van der Waals surface area (Å²) in [7, 11) is 0. The fourth-order valence-electron chi connectivity index (χ4n) is 2.19. The molecule has 0 spiro atoms. The SMILES string of the molecule is CCCCCCCCCCC(=O)OCCCCCC. The van der Waals surface area contributed by atoms with Gasteiger partial charge in [0.2, 0.25) is 0 Å². The van der Waals surface area contributed by atoms with Gasteiger partial charge < -0.3 is 4.74 Å². The van der Waals surface area contributed by atoms with Gasteiger partial charge in [-0.1, -0.05) is 78.1 Å². The molecule has 0 unspecified atom stereocenters. The molecule has 0 heterocycles. The van der Waals surface area contributed by atoms with Crippen molar-refractivity contribution in [2.45, 2.75) is 97.3 Å². The first-order chi connectivity index (χ1) is 9.31. The van der Waals surface area contributed by atoms with Gasteiger partial charge in [0.25, 0.3) is 0 Å². The summed E-state index contributed by atoms with van der Waals surface area (Å²) in [6, 6.07) is 0. The predicted octanol–water partition coefficient (Wildman–Crippen LogP) is 5.64. The van der Waals surface area contributed by atoms with E-state index in [2.05, 4.69) is 13.8 Å². The third-order valence-corrected chi connectivity index (χ3v) is 3.50. The summed E-state index contributed by atoms with van der Waals surface area (Å²) in [5.74, 6) is 0.00230. The minimum absolute atomic E-state index is 0.00230. The number of ether oxygens (including phenoxy) is 1. The second-order valence-corrected chi connectivity index (χ2v) is 5.51. The quantitative estimate of drug-likeness (QED) is 0.301. The van der Waals surface area contributed by atoms with Crippen LogP contribution in [0.15, 0.2) is 0 Å². The number of esters is 1. The topological polar surface area (TPSA) is 26.3 Å². The number of rotatable bonds is 14. The summed E-state index contributed by atoms with van der Waals surface area (Å²) in [6.45, 7) is 5.05. The molecule has 0 aromatic carbocycles. The van der Waals surface area contributed by atoms with Crippen LogP contribution in [0.3, 0.4) is 0 Å². The molecule has 2 heteroatoms. The summed E-state index contributed by atoms with van der Waals surface area (Å²) < 4.78 is 5.21. The van der Waals surface area contributed by atoms with Crippen molar-refractivity contribution in [3.05, 3.63) is 0 Å². The van der Waals surface area contributed by atoms with Crippen LogP contribution in [-0.4, -0.2) is 12.6 Å². The number of hydrogen-bond donors (Lipinski definition) is 0. The zero-order valence-corrected chi connectivity index (χ0v) is 13.2. The van der Waals surface area contributed by atoms with Gasteiger partial charge in [0, 0.05) is 6.42 Å². The van der Waals surface area contributed by atoms with E-state index in [1.165, 1.54) is 64.2 Å². The van der Waals surface area contributed by atoms with Crippen LogP contribution in [0.5, 0.6) is 0 Å². The van der Waals surface area contributed by atoms with Crippen molar-refractivity contribution < 1.29 is 9.53 Å². The standard InChI is InChI=1S/C17H34O2/c1-3-5-7-9-10-11-12-13-15-17(18)19-16-14-8-6-4-2/h3-16H2,1-2H3. The third kappa shape index (κ3) is 15.4. The Bertz CT molecular complexity index is 190. The van der Waals surface area contributed by atoms with Gasteiger partial charge in [0.1, 0.15) is 0 Å². The molecule has 0 fully saturated rings. The fraction of sp³-hybridized carbons (Fsp3) is 0.941. The Balaban J connectivity index is 3.12. The van der Waals surface area contributed by atoms with E-state index in [9.17, 15) is 4.79 Å². The van der Waals surface area contributed by atoms with Gasteiger partial charge >= 0.3 is 5.97 Å². The van der Waals surface area contributed by atoms with E-state index in [4.69, 9.17) is 4.74 Å². The van der Waals surface area contributed by atoms with Crippen molar-refractivity contribution in [1.82, 2.24) is 0 Å². The molecule has 0 bridgehead atoms. The lowest BCUT2D eigenvalue weighted by atomic mass is 10.1. The highest BCUT2D eigenvalue weighted by atomic mass is 16.5. The molecule has 0 radical (unpaired) electrons. The van der Waals surface area contributed by atoms with Crippen LogP contribution in [-0.2, 0) is 9.53 Å². The second-order valence-electron chi connectivity index (χ2n) is 5.51. The van der Waals surface area contributed by atoms with Gasteiger partial charge in [-0.05, 0) is 12.8 Å². The molecule has 0 aromatic rings. The zero-order chi connectivity index (χ0) is 14.2. The van der Waals surface area contributed by atoms with Gasteiger partial charge in [-0.3, -0.25) is 4.79 Å². The van der Waals surface area contributed by atoms with Crippen LogP contribution in [0.2, 0.25) is 0 Å². The van der Waals surface area contributed by atoms with E-state index in [0.29, 0.717) is 13.0 Å². The molecule has 0 saturated heterocycles. The third-order valence-electron chi connectivity index (χ3n) is 3.50. The summed E-state index contributed by atoms with van der Waals surface area (Å²) in [4.78, 5) is 11.4. The molecular formula is C17H34O2. The van der Waals surface area contributed by atoms with Crippen molar-refractivity contribution in [3.8, 4) is 0 Å². The van der Waals surface area contributed by atoms with Crippen LogP contribution in [0.4, 0.5) is 0 Å². The zero-order valence-electron chi connectivity index (χ0n) is 13.2. The molecule has 0 rings (SSSR count). The molecule has 0 saturated carbocycles. The van der Waals surface area contributed by atoms with E-state index in [-0.39, 0.29) is 5.97 Å². The highest BCUT2D eigenvalue weighted by Crippen LogP contribution is 2.10. The van der Waals surface area contributed by atoms with Crippen LogP contribution >= 0.6 is 0 Å². The van der Waals surface area contributed by atoms with Crippen LogP contribution in [0, 0.1) is 0 Å². The maximum absolute atomic E-state index is 11.4. The Morgan fingerprint density at radius 3 is 1.74 bits per heavy atom. The minimum atomic E-state index is 0.00230. The van der Waals surface area contributed by atoms with Gasteiger partial charge in [-0.15, -0.1) is 0 Å². The molecule has 0 N–H and O–H groups in total. The summed E-state index contributed by atoms with van der Waals surface area (Å²) in [6.07, 6.45) is 15.5. The lowest BCUT2D eigenvalue weighted by Gasteiger charge is -2.04. The van der Waals surface area contributed by atoms with Gasteiger partial charge in [0.15, 0.2) is 0 Å². The number of carbonyl (C=O) groups excluding carboxylic acids is 1. The molecule has 0 aliphatic rings. The highest BCUT2D eigenvalue weighted by Gasteiger charge is 2.02. The average molecular weight is 270 g/mol. The summed E-state index contributed by atoms with van der Waals surface area (Å²) in [5, 5.41) is 0. The first-order valence-corrected chi connectivity index (χ1v) is 8.46. The van der Waals surface area contributed by atoms with Gasteiger partial charge in [0.05, 0.1) is 6.61 Å². The number of hydrogen-bond acceptors (Lipinski definition) is 2. The monoisotopic (exact) mass is 270 g/mol. The summed E-state index contributed by atoms with van der Waals surface area (Å²) >= 11 is 0. The minimum Gasteiger partial charge on any atom is -0.466 e. The summed E-state index contributed by atoms with van der Waals surface area (Å²) in [5.41, 5.74) is 0. The normalized spacial score (nSPS) is 10.6. The van der Waals surface area contributed by atoms with Crippen LogP contribution in [0.1, 0.15) is 97.3 Å². The van der Waals surface area contributed by atoms with E-state index in [0.717, 1.165) is 12.8 Å². The van der Waals surface area contributed by atoms with Crippen LogP contribution < -0.4 is 0 Å². The van der Waals surface area contributed by atoms with E-state index >= 15 is 0 Å². The highest BCUT2D eigenvalue weighted by molar-refractivity contribution is 5.69. The molecular weight excluding hydrogens is 236 g/mol. The molecule has 0 aliphatic heterocycles. The van der Waals surface area contributed by atoms with Crippen molar-refractivity contribution in [2.24, 2.45) is 0 Å². The Kier molecular flexibility index (Phi) is 15.1. The largest absolute Gasteiger partial charge is 0.466 e. The molecule has 114 valence electrons. The van der Waals surface area contributed by atoms with E-state index in [1.54, 1.807) is 0 Å². The maximum atomic E-state index is 11.4. The average Bonchev–Trinajstić information content (AvgIpc) is 2.41. The van der Waals surface area contributed by atoms with Crippen molar-refractivity contribution in [1.29, 1.82) is 0 Å². The van der Waals surface area contributed by atoms with Crippen molar-refractivity contribution in [2.75, 3.05) is 6.61 Å². The Labute approximate surface area is 120 Å². The lowest BCUT2D eigenvalue weighted by Crippen LogP contribution is -2.05. The fourth-order valence-corrected chi connectivity index (χ4v) is 2.19. The first kappa shape index (κ1) is 18.5. The van der Waals surface area contributed by atoms with E-state index in [1.807, 2.05) is 0 Å². The second kappa shape index (κ2) is 15.5. The van der Waals surface area contributed by atoms with Crippen molar-refractivity contribution >= 4 is 5.97 Å². The number of unbranched alkanes of at least 4 members (excludes halogenated alkanes) is 10. The molecule has 0 aliphatic carbocycles. The lowest BCUT2D eigenvalue weighted by molar-refractivity contribution is -0.143. The van der Waals surface area contributed by atoms with Gasteiger partial charge in [-0.2, -0.15) is 0 Å². The molecule has 0 atom stereocenters. The van der Waals surface area contributed by atoms with E-state index < -0.39 is 0 Å². The number of carbonyl (C=O) groups is 1. The Hall–Kier alpha value is -0.530. The Morgan fingerprint density at radius 2 is 1.16 bits per heavy atom. The molecule has 2 nitrogen and oxygen atoms in total.